The summed E-state index contributed by atoms with van der Waals surface area (Å²) in [6, 6.07) is 2.42. The van der Waals surface area contributed by atoms with Gasteiger partial charge >= 0.3 is 12.2 Å². The van der Waals surface area contributed by atoms with Crippen molar-refractivity contribution in [1.82, 2.24) is 15.5 Å². The van der Waals surface area contributed by atoms with E-state index in [1.807, 2.05) is 0 Å². The highest BCUT2D eigenvalue weighted by Gasteiger charge is 2.43. The molecule has 4 rings (SSSR count). The van der Waals surface area contributed by atoms with Gasteiger partial charge in [0.25, 0.3) is 0 Å². The van der Waals surface area contributed by atoms with Crippen molar-refractivity contribution in [2.45, 2.75) is 56.0 Å². The fraction of sp³-hybridized carbons (Fsp3) is 0.636. The molecular weight excluding hydrogens is 509 g/mol. The number of halogens is 4. The lowest BCUT2D eigenvalue weighted by atomic mass is 9.98. The molecule has 1 aromatic rings. The number of benzene rings is 1. The Balaban J connectivity index is 1.47. The molecule has 3 aliphatic rings. The van der Waals surface area contributed by atoms with E-state index in [0.717, 1.165) is 35.7 Å². The normalized spacial score (nSPS) is 20.9. The summed E-state index contributed by atoms with van der Waals surface area (Å²) in [6.07, 6.45) is -0.547. The van der Waals surface area contributed by atoms with Crippen molar-refractivity contribution >= 4 is 39.2 Å². The predicted octanol–water partition coefficient (Wildman–Crippen LogP) is 3.36. The number of urea groups is 1. The van der Waals surface area contributed by atoms with Crippen LogP contribution in [0.4, 0.5) is 23.7 Å². The summed E-state index contributed by atoms with van der Waals surface area (Å²) in [6.45, 7) is 0.446. The fourth-order valence-corrected chi connectivity index (χ4v) is 6.20. The third-order valence-corrected chi connectivity index (χ3v) is 8.98. The molecule has 1 unspecified atom stereocenters. The number of anilines is 1. The van der Waals surface area contributed by atoms with Crippen molar-refractivity contribution in [2.75, 3.05) is 30.5 Å². The lowest BCUT2D eigenvalue weighted by molar-refractivity contribution is -0.137. The largest absolute Gasteiger partial charge is 0.416 e. The van der Waals surface area contributed by atoms with Gasteiger partial charge in [-0.25, -0.2) is 13.2 Å². The highest BCUT2D eigenvalue weighted by molar-refractivity contribution is 7.93. The minimum atomic E-state index is -4.70. The summed E-state index contributed by atoms with van der Waals surface area (Å²) >= 11 is 6.13. The van der Waals surface area contributed by atoms with Gasteiger partial charge in [-0.1, -0.05) is 11.6 Å². The highest BCUT2D eigenvalue weighted by atomic mass is 35.5. The summed E-state index contributed by atoms with van der Waals surface area (Å²) in [5.41, 5.74) is -1.40. The molecule has 3 amide bonds. The van der Waals surface area contributed by atoms with Gasteiger partial charge in [-0.15, -0.1) is 0 Å². The Hall–Kier alpha value is -2.21. The van der Waals surface area contributed by atoms with Gasteiger partial charge in [0.05, 0.1) is 21.5 Å². The second-order valence-electron chi connectivity index (χ2n) is 9.39. The first kappa shape index (κ1) is 25.9. The van der Waals surface area contributed by atoms with Crippen LogP contribution in [0.2, 0.25) is 5.02 Å². The van der Waals surface area contributed by atoms with E-state index in [-0.39, 0.29) is 28.7 Å². The zero-order valence-corrected chi connectivity index (χ0v) is 20.6. The van der Waals surface area contributed by atoms with Gasteiger partial charge in [-0.05, 0) is 62.6 Å². The number of likely N-dealkylation sites (tertiary alicyclic amines) is 1. The maximum atomic E-state index is 13.3. The van der Waals surface area contributed by atoms with Crippen LogP contribution in [0.15, 0.2) is 18.2 Å². The molecule has 1 aliphatic heterocycles. The van der Waals surface area contributed by atoms with Gasteiger partial charge in [-0.3, -0.25) is 9.10 Å². The van der Waals surface area contributed by atoms with Crippen molar-refractivity contribution < 1.29 is 31.2 Å². The second kappa shape index (κ2) is 10.0. The third kappa shape index (κ3) is 6.52. The number of nitrogens with one attached hydrogen (secondary N) is 2. The summed E-state index contributed by atoms with van der Waals surface area (Å²) in [4.78, 5) is 26.6. The monoisotopic (exact) mass is 536 g/mol. The van der Waals surface area contributed by atoms with E-state index in [1.54, 1.807) is 0 Å². The van der Waals surface area contributed by atoms with E-state index in [9.17, 15) is 31.2 Å². The van der Waals surface area contributed by atoms with Crippen LogP contribution in [-0.4, -0.2) is 62.7 Å². The molecule has 0 aromatic heterocycles. The van der Waals surface area contributed by atoms with E-state index in [1.165, 1.54) is 4.90 Å². The molecule has 2 N–H and O–H groups in total. The van der Waals surface area contributed by atoms with Crippen molar-refractivity contribution in [2.24, 2.45) is 5.92 Å². The van der Waals surface area contributed by atoms with Gasteiger partial charge in [0.1, 0.15) is 6.54 Å². The zero-order chi connectivity index (χ0) is 25.4. The van der Waals surface area contributed by atoms with Crippen LogP contribution in [0.5, 0.6) is 0 Å². The number of carbonyl (C=O) groups excluding carboxylic acids is 2. The Labute approximate surface area is 207 Å². The van der Waals surface area contributed by atoms with Crippen LogP contribution >= 0.6 is 11.6 Å². The van der Waals surface area contributed by atoms with Crippen LogP contribution in [-0.2, 0) is 21.0 Å². The Bertz CT molecular complexity index is 1080. The fourth-order valence-electron chi connectivity index (χ4n) is 4.12. The maximum Gasteiger partial charge on any atom is 0.416 e. The van der Waals surface area contributed by atoms with Crippen molar-refractivity contribution in [3.8, 4) is 0 Å². The molecule has 13 heteroatoms. The quantitative estimate of drug-likeness (QED) is 0.532. The molecule has 0 radical (unpaired) electrons. The van der Waals surface area contributed by atoms with Gasteiger partial charge < -0.3 is 15.5 Å². The number of sulfonamides is 1. The third-order valence-electron chi connectivity index (χ3n) is 6.41. The van der Waals surface area contributed by atoms with E-state index >= 15 is 0 Å². The number of piperidine rings is 1. The Morgan fingerprint density at radius 1 is 1.14 bits per heavy atom. The van der Waals surface area contributed by atoms with E-state index in [0.29, 0.717) is 45.0 Å². The number of hydrogen-bond acceptors (Lipinski definition) is 4. The average Bonchev–Trinajstić information content (AvgIpc) is 3.70. The van der Waals surface area contributed by atoms with Crippen molar-refractivity contribution in [1.29, 1.82) is 0 Å². The van der Waals surface area contributed by atoms with Gasteiger partial charge in [0, 0.05) is 25.7 Å². The standard InChI is InChI=1S/C22H28ClF3N4O4S/c23-18-8-3-15(22(24,25)26)10-19(18)30(35(33,34)17-6-7-17)13-20(31)29-9-1-2-14(12-29)11-27-21(32)28-16-4-5-16/h3,8,10,14,16-17H,1-2,4-7,9,11-13H2,(H2,27,28,32). The molecule has 2 aliphatic carbocycles. The number of rotatable bonds is 8. The maximum absolute atomic E-state index is 13.3. The van der Waals surface area contributed by atoms with Crippen molar-refractivity contribution in [3.63, 3.8) is 0 Å². The molecule has 0 spiro atoms. The minimum absolute atomic E-state index is 0.0108. The average molecular weight is 537 g/mol. The minimum Gasteiger partial charge on any atom is -0.341 e. The topological polar surface area (TPSA) is 98.8 Å². The van der Waals surface area contributed by atoms with Gasteiger partial charge in [0.2, 0.25) is 15.9 Å². The summed E-state index contributed by atoms with van der Waals surface area (Å²) in [5, 5.41) is 4.71. The van der Waals surface area contributed by atoms with E-state index in [4.69, 9.17) is 11.6 Å². The van der Waals surface area contributed by atoms with E-state index < -0.39 is 39.5 Å². The molecule has 0 bridgehead atoms. The molecule has 8 nitrogen and oxygen atoms in total. The van der Waals surface area contributed by atoms with Gasteiger partial charge in [0.15, 0.2) is 0 Å². The molecular formula is C22H28ClF3N4O4S. The smallest absolute Gasteiger partial charge is 0.341 e. The van der Waals surface area contributed by atoms with Crippen LogP contribution < -0.4 is 14.9 Å². The number of amides is 3. The molecule has 3 fully saturated rings. The predicted molar refractivity (Wildman–Crippen MR) is 125 cm³/mol. The van der Waals surface area contributed by atoms with E-state index in [2.05, 4.69) is 10.6 Å². The van der Waals surface area contributed by atoms with Crippen LogP contribution in [0.25, 0.3) is 0 Å². The molecule has 1 heterocycles. The Kier molecular flexibility index (Phi) is 7.42. The van der Waals surface area contributed by atoms with Crippen LogP contribution in [0, 0.1) is 5.92 Å². The first-order valence-corrected chi connectivity index (χ1v) is 13.5. The van der Waals surface area contributed by atoms with Crippen molar-refractivity contribution in [3.05, 3.63) is 28.8 Å². The van der Waals surface area contributed by atoms with Crippen LogP contribution in [0.3, 0.4) is 0 Å². The Morgan fingerprint density at radius 3 is 2.49 bits per heavy atom. The Morgan fingerprint density at radius 2 is 1.86 bits per heavy atom. The zero-order valence-electron chi connectivity index (χ0n) is 19.0. The summed E-state index contributed by atoms with van der Waals surface area (Å²) in [7, 11) is -4.07. The first-order valence-electron chi connectivity index (χ1n) is 11.7. The summed E-state index contributed by atoms with van der Waals surface area (Å²) < 4.78 is 66.9. The molecule has 194 valence electrons. The molecule has 2 saturated carbocycles. The number of nitrogens with zero attached hydrogens (tertiary/aromatic N) is 2. The highest BCUT2D eigenvalue weighted by Crippen LogP contribution is 2.39. The second-order valence-corrected chi connectivity index (χ2v) is 11.9. The number of hydrogen-bond donors (Lipinski definition) is 2. The summed E-state index contributed by atoms with van der Waals surface area (Å²) in [5.74, 6) is -0.530. The first-order chi connectivity index (χ1) is 16.4. The SMILES string of the molecule is O=C(NCC1CCCN(C(=O)CN(c2cc(C(F)(F)F)ccc2Cl)S(=O)(=O)C2CC2)C1)NC1CC1. The van der Waals surface area contributed by atoms with Gasteiger partial charge in [-0.2, -0.15) is 13.2 Å². The van der Waals surface area contributed by atoms with Crippen LogP contribution in [0.1, 0.15) is 44.1 Å². The lowest BCUT2D eigenvalue weighted by Crippen LogP contribution is -2.49. The number of alkyl halides is 3. The molecule has 1 atom stereocenters. The lowest BCUT2D eigenvalue weighted by Gasteiger charge is -2.35. The molecule has 1 aromatic carbocycles. The molecule has 1 saturated heterocycles. The molecule has 35 heavy (non-hydrogen) atoms. The number of carbonyl (C=O) groups is 2.